The lowest BCUT2D eigenvalue weighted by molar-refractivity contribution is 0.0412. The molecule has 1 N–H and O–H groups in total. The van der Waals surface area contributed by atoms with Crippen LogP contribution in [0, 0.1) is 0 Å². The first-order valence-corrected chi connectivity index (χ1v) is 5.09. The highest BCUT2D eigenvalue weighted by atomic mass is 35.5. The molecule has 6 heteroatoms. The van der Waals surface area contributed by atoms with Crippen LogP contribution < -0.4 is 5.32 Å². The molecule has 2 atom stereocenters. The lowest BCUT2D eigenvalue weighted by Gasteiger charge is -2.06. The van der Waals surface area contributed by atoms with E-state index in [1.54, 1.807) is 7.05 Å². The molecule has 78 valence electrons. The van der Waals surface area contributed by atoms with Gasteiger partial charge in [-0.05, 0) is 12.8 Å². The molecular formula is C8H12ClN3O2. The Hall–Kier alpha value is -0.810. The van der Waals surface area contributed by atoms with Crippen molar-refractivity contribution in [2.24, 2.45) is 0 Å². The Balaban J connectivity index is 2.02. The number of ether oxygens (including phenoxy) is 1. The second kappa shape index (κ2) is 4.14. The Morgan fingerprint density at radius 3 is 2.93 bits per heavy atom. The van der Waals surface area contributed by atoms with Crippen molar-refractivity contribution in [2.75, 3.05) is 18.2 Å². The van der Waals surface area contributed by atoms with Crippen molar-refractivity contribution in [3.05, 3.63) is 5.89 Å². The first-order valence-electron chi connectivity index (χ1n) is 4.56. The van der Waals surface area contributed by atoms with Crippen molar-refractivity contribution in [2.45, 2.75) is 25.0 Å². The number of halogens is 1. The molecule has 0 aromatic carbocycles. The van der Waals surface area contributed by atoms with E-state index in [1.165, 1.54) is 0 Å². The summed E-state index contributed by atoms with van der Waals surface area (Å²) in [6.45, 7) is 0. The summed E-state index contributed by atoms with van der Waals surface area (Å²) in [5, 5.41) is 10.5. The van der Waals surface area contributed by atoms with Gasteiger partial charge in [0, 0.05) is 12.9 Å². The first kappa shape index (κ1) is 9.73. The Bertz CT molecular complexity index is 305. The molecule has 0 spiro atoms. The second-order valence-corrected chi connectivity index (χ2v) is 3.48. The van der Waals surface area contributed by atoms with Gasteiger partial charge in [-0.2, -0.15) is 0 Å². The van der Waals surface area contributed by atoms with Crippen LogP contribution in [0.4, 0.5) is 6.01 Å². The highest BCUT2D eigenvalue weighted by Crippen LogP contribution is 2.32. The highest BCUT2D eigenvalue weighted by Gasteiger charge is 2.29. The highest BCUT2D eigenvalue weighted by molar-refractivity contribution is 6.18. The van der Waals surface area contributed by atoms with Gasteiger partial charge in [0.15, 0.2) is 0 Å². The van der Waals surface area contributed by atoms with Gasteiger partial charge in [-0.15, -0.1) is 16.7 Å². The molecular weight excluding hydrogens is 206 g/mol. The van der Waals surface area contributed by atoms with E-state index in [1.807, 2.05) is 0 Å². The zero-order chi connectivity index (χ0) is 9.97. The van der Waals surface area contributed by atoms with Gasteiger partial charge in [0.05, 0.1) is 6.10 Å². The molecule has 2 heterocycles. The Morgan fingerprint density at radius 2 is 2.36 bits per heavy atom. The van der Waals surface area contributed by atoms with Crippen LogP contribution in [0.2, 0.25) is 0 Å². The third-order valence-corrected chi connectivity index (χ3v) is 2.55. The summed E-state index contributed by atoms with van der Waals surface area (Å²) >= 11 is 5.69. The Morgan fingerprint density at radius 1 is 1.50 bits per heavy atom. The molecule has 1 aromatic heterocycles. The van der Waals surface area contributed by atoms with E-state index in [-0.39, 0.29) is 12.2 Å². The van der Waals surface area contributed by atoms with Crippen LogP contribution in [0.25, 0.3) is 0 Å². The zero-order valence-electron chi connectivity index (χ0n) is 7.86. The van der Waals surface area contributed by atoms with E-state index in [9.17, 15) is 0 Å². The van der Waals surface area contributed by atoms with E-state index in [0.717, 1.165) is 12.8 Å². The summed E-state index contributed by atoms with van der Waals surface area (Å²) in [6, 6.07) is 0.415. The maximum absolute atomic E-state index is 5.69. The zero-order valence-corrected chi connectivity index (χ0v) is 8.62. The number of alkyl halides is 1. The molecule has 0 radical (unpaired) electrons. The average Bonchev–Trinajstić information content (AvgIpc) is 2.86. The van der Waals surface area contributed by atoms with Gasteiger partial charge >= 0.3 is 6.01 Å². The predicted octanol–water partition coefficient (Wildman–Crippen LogP) is 1.57. The van der Waals surface area contributed by atoms with Crippen LogP contribution in [0.1, 0.15) is 24.8 Å². The summed E-state index contributed by atoms with van der Waals surface area (Å²) < 4.78 is 10.9. The van der Waals surface area contributed by atoms with Gasteiger partial charge < -0.3 is 14.5 Å². The fraction of sp³-hybridized carbons (Fsp3) is 0.750. The van der Waals surface area contributed by atoms with Gasteiger partial charge in [0.1, 0.15) is 6.10 Å². The monoisotopic (exact) mass is 217 g/mol. The smallest absolute Gasteiger partial charge is 0.315 e. The molecule has 0 aliphatic carbocycles. The molecule has 0 bridgehead atoms. The number of anilines is 1. The van der Waals surface area contributed by atoms with Crippen molar-refractivity contribution in [3.8, 4) is 0 Å². The molecule has 1 fully saturated rings. The van der Waals surface area contributed by atoms with Crippen LogP contribution >= 0.6 is 11.6 Å². The maximum Gasteiger partial charge on any atom is 0.315 e. The SMILES string of the molecule is CNc1nnc([C@H]2CC[C@@H](CCl)O2)o1. The van der Waals surface area contributed by atoms with E-state index in [2.05, 4.69) is 15.5 Å². The normalized spacial score (nSPS) is 26.7. The van der Waals surface area contributed by atoms with Gasteiger partial charge in [-0.3, -0.25) is 0 Å². The number of aromatic nitrogens is 2. The van der Waals surface area contributed by atoms with E-state index in [0.29, 0.717) is 17.8 Å². The summed E-state index contributed by atoms with van der Waals surface area (Å²) in [5.41, 5.74) is 0. The number of hydrogen-bond donors (Lipinski definition) is 1. The first-order chi connectivity index (χ1) is 6.83. The van der Waals surface area contributed by atoms with Crippen molar-refractivity contribution in [1.29, 1.82) is 0 Å². The van der Waals surface area contributed by atoms with Gasteiger partial charge in [0.25, 0.3) is 0 Å². The minimum atomic E-state index is -0.0895. The van der Waals surface area contributed by atoms with Crippen LogP contribution in [0.5, 0.6) is 0 Å². The molecule has 1 aliphatic heterocycles. The molecule has 0 unspecified atom stereocenters. The van der Waals surface area contributed by atoms with Crippen LogP contribution in [0.15, 0.2) is 4.42 Å². The average molecular weight is 218 g/mol. The molecule has 1 aromatic rings. The van der Waals surface area contributed by atoms with Crippen molar-refractivity contribution in [1.82, 2.24) is 10.2 Å². The molecule has 2 rings (SSSR count). The molecule has 1 saturated heterocycles. The Kier molecular flexibility index (Phi) is 2.88. The number of rotatable bonds is 3. The fourth-order valence-electron chi connectivity index (χ4n) is 1.47. The fourth-order valence-corrected chi connectivity index (χ4v) is 1.69. The Labute approximate surface area is 86.8 Å². The standard InChI is InChI=1S/C8H12ClN3O2/c1-10-8-12-11-7(14-8)6-3-2-5(4-9)13-6/h5-6H,2-4H2,1H3,(H,10,12)/t5-,6+/m0/s1. The summed E-state index contributed by atoms with van der Waals surface area (Å²) in [7, 11) is 1.73. The van der Waals surface area contributed by atoms with Gasteiger partial charge in [-0.1, -0.05) is 5.10 Å². The minimum Gasteiger partial charge on any atom is -0.405 e. The molecule has 0 saturated carbocycles. The molecule has 0 amide bonds. The summed E-state index contributed by atoms with van der Waals surface area (Å²) in [6.07, 6.45) is 1.87. The molecule has 1 aliphatic rings. The van der Waals surface area contributed by atoms with Crippen LogP contribution in [0.3, 0.4) is 0 Å². The second-order valence-electron chi connectivity index (χ2n) is 3.17. The van der Waals surface area contributed by atoms with Crippen molar-refractivity contribution < 1.29 is 9.15 Å². The quantitative estimate of drug-likeness (QED) is 0.779. The van der Waals surface area contributed by atoms with Crippen molar-refractivity contribution >= 4 is 17.6 Å². The number of nitrogens with zero attached hydrogens (tertiary/aromatic N) is 2. The summed E-state index contributed by atoms with van der Waals surface area (Å²) in [5.74, 6) is 1.05. The lowest BCUT2D eigenvalue weighted by Crippen LogP contribution is -2.07. The molecule has 14 heavy (non-hydrogen) atoms. The predicted molar refractivity (Wildman–Crippen MR) is 51.4 cm³/mol. The van der Waals surface area contributed by atoms with E-state index >= 15 is 0 Å². The van der Waals surface area contributed by atoms with Crippen LogP contribution in [-0.4, -0.2) is 29.2 Å². The van der Waals surface area contributed by atoms with E-state index in [4.69, 9.17) is 20.8 Å². The largest absolute Gasteiger partial charge is 0.405 e. The number of hydrogen-bond acceptors (Lipinski definition) is 5. The van der Waals surface area contributed by atoms with E-state index < -0.39 is 0 Å². The third kappa shape index (κ3) is 1.83. The lowest BCUT2D eigenvalue weighted by atomic mass is 10.2. The number of nitrogens with one attached hydrogen (secondary N) is 1. The summed E-state index contributed by atoms with van der Waals surface area (Å²) in [4.78, 5) is 0. The maximum atomic E-state index is 5.69. The van der Waals surface area contributed by atoms with Crippen LogP contribution in [-0.2, 0) is 4.74 Å². The van der Waals surface area contributed by atoms with Crippen molar-refractivity contribution in [3.63, 3.8) is 0 Å². The molecule has 5 nitrogen and oxygen atoms in total. The van der Waals surface area contributed by atoms with Gasteiger partial charge in [-0.25, -0.2) is 0 Å². The van der Waals surface area contributed by atoms with Gasteiger partial charge in [0.2, 0.25) is 5.89 Å². The minimum absolute atomic E-state index is 0.0895. The third-order valence-electron chi connectivity index (χ3n) is 2.21. The topological polar surface area (TPSA) is 60.2 Å².